The predicted octanol–water partition coefficient (Wildman–Crippen LogP) is 3.35. The van der Waals surface area contributed by atoms with Crippen LogP contribution in [0.3, 0.4) is 0 Å². The molecule has 2 aromatic rings. The molecule has 1 N–H and O–H groups in total. The van der Waals surface area contributed by atoms with Gasteiger partial charge in [0, 0.05) is 17.8 Å². The van der Waals surface area contributed by atoms with E-state index in [4.69, 9.17) is 4.52 Å². The number of hydrogen-bond acceptors (Lipinski definition) is 5. The van der Waals surface area contributed by atoms with Crippen LogP contribution in [0.1, 0.15) is 24.7 Å². The van der Waals surface area contributed by atoms with Crippen LogP contribution in [0.25, 0.3) is 11.5 Å². The van der Waals surface area contributed by atoms with Gasteiger partial charge in [-0.2, -0.15) is 16.7 Å². The zero-order chi connectivity index (χ0) is 13.1. The average Bonchev–Trinajstić information content (AvgIpc) is 3.06. The van der Waals surface area contributed by atoms with Crippen molar-refractivity contribution in [3.63, 3.8) is 0 Å². The van der Waals surface area contributed by atoms with E-state index in [-0.39, 0.29) is 0 Å². The molecular formula is C14H17N3OS. The van der Waals surface area contributed by atoms with Crippen molar-refractivity contribution in [1.29, 1.82) is 0 Å². The highest BCUT2D eigenvalue weighted by molar-refractivity contribution is 7.98. The van der Waals surface area contributed by atoms with Gasteiger partial charge in [-0.25, -0.2) is 0 Å². The van der Waals surface area contributed by atoms with Gasteiger partial charge in [-0.15, -0.1) is 0 Å². The Bertz CT molecular complexity index is 568. The quantitative estimate of drug-likeness (QED) is 0.848. The molecule has 0 aliphatic carbocycles. The number of aromatic nitrogens is 2. The van der Waals surface area contributed by atoms with Crippen molar-refractivity contribution in [2.24, 2.45) is 0 Å². The van der Waals surface area contributed by atoms with Crippen LogP contribution < -0.4 is 5.32 Å². The minimum Gasteiger partial charge on any atom is -0.384 e. The van der Waals surface area contributed by atoms with Gasteiger partial charge in [-0.1, -0.05) is 18.1 Å². The third-order valence-electron chi connectivity index (χ3n) is 3.11. The van der Waals surface area contributed by atoms with Crippen molar-refractivity contribution in [3.05, 3.63) is 29.6 Å². The Labute approximate surface area is 117 Å². The number of rotatable bonds is 5. The smallest absolute Gasteiger partial charge is 0.258 e. The molecule has 0 atom stereocenters. The highest BCUT2D eigenvalue weighted by Crippen LogP contribution is 2.28. The lowest BCUT2D eigenvalue weighted by Gasteiger charge is -2.00. The van der Waals surface area contributed by atoms with Crippen molar-refractivity contribution < 1.29 is 4.52 Å². The van der Waals surface area contributed by atoms with Crippen LogP contribution in [-0.2, 0) is 12.2 Å². The first kappa shape index (κ1) is 12.5. The van der Waals surface area contributed by atoms with Crippen LogP contribution >= 0.6 is 11.8 Å². The molecule has 0 saturated carbocycles. The maximum Gasteiger partial charge on any atom is 0.258 e. The van der Waals surface area contributed by atoms with Gasteiger partial charge in [0.25, 0.3) is 5.89 Å². The van der Waals surface area contributed by atoms with Crippen LogP contribution in [-0.4, -0.2) is 22.4 Å². The van der Waals surface area contributed by atoms with E-state index in [1.807, 2.05) is 11.8 Å². The number of hydrogen-bond donors (Lipinski definition) is 1. The summed E-state index contributed by atoms with van der Waals surface area (Å²) in [4.78, 5) is 4.45. The topological polar surface area (TPSA) is 51.0 Å². The minimum absolute atomic E-state index is 0.614. The van der Waals surface area contributed by atoms with Gasteiger partial charge >= 0.3 is 0 Å². The van der Waals surface area contributed by atoms with Gasteiger partial charge < -0.3 is 9.84 Å². The second-order valence-corrected chi connectivity index (χ2v) is 5.72. The Morgan fingerprint density at radius 3 is 3.26 bits per heavy atom. The Hall–Kier alpha value is -1.49. The van der Waals surface area contributed by atoms with Gasteiger partial charge in [-0.3, -0.25) is 0 Å². The molecule has 3 rings (SSSR count). The van der Waals surface area contributed by atoms with Crippen LogP contribution in [0.4, 0.5) is 5.69 Å². The van der Waals surface area contributed by atoms with Crippen LogP contribution in [0.15, 0.2) is 22.7 Å². The van der Waals surface area contributed by atoms with Crippen LogP contribution in [0.5, 0.6) is 0 Å². The molecule has 0 unspecified atom stereocenters. The molecule has 0 fully saturated rings. The van der Waals surface area contributed by atoms with Gasteiger partial charge in [0.1, 0.15) is 0 Å². The van der Waals surface area contributed by atoms with E-state index in [1.165, 1.54) is 17.7 Å². The fourth-order valence-corrected chi connectivity index (χ4v) is 2.89. The number of anilines is 1. The standard InChI is InChI=1S/C14H17N3OS/c1-2-7-19-9-13-16-14(18-17-13)11-4-3-10-5-6-15-12(10)8-11/h3-4,8,15H,2,5-7,9H2,1H3. The molecule has 0 spiro atoms. The Kier molecular flexibility index (Phi) is 3.73. The minimum atomic E-state index is 0.614. The molecule has 0 amide bonds. The number of nitrogens with one attached hydrogen (secondary N) is 1. The first-order valence-corrected chi connectivity index (χ1v) is 7.80. The van der Waals surface area contributed by atoms with E-state index in [0.717, 1.165) is 35.9 Å². The maximum absolute atomic E-state index is 5.34. The van der Waals surface area contributed by atoms with Crippen molar-refractivity contribution in [1.82, 2.24) is 10.1 Å². The zero-order valence-corrected chi connectivity index (χ0v) is 11.8. The summed E-state index contributed by atoms with van der Waals surface area (Å²) in [5, 5.41) is 7.40. The number of nitrogens with zero attached hydrogens (tertiary/aromatic N) is 2. The molecule has 1 aromatic heterocycles. The maximum atomic E-state index is 5.34. The fraction of sp³-hybridized carbons (Fsp3) is 0.429. The van der Waals surface area contributed by atoms with E-state index in [1.54, 1.807) is 0 Å². The summed E-state index contributed by atoms with van der Waals surface area (Å²) in [6.45, 7) is 3.19. The molecular weight excluding hydrogens is 258 g/mol. The summed E-state index contributed by atoms with van der Waals surface area (Å²) < 4.78 is 5.34. The Morgan fingerprint density at radius 2 is 2.37 bits per heavy atom. The second-order valence-electron chi connectivity index (χ2n) is 4.62. The highest BCUT2D eigenvalue weighted by atomic mass is 32.2. The van der Waals surface area contributed by atoms with Gasteiger partial charge in [-0.05, 0) is 36.3 Å². The molecule has 100 valence electrons. The number of benzene rings is 1. The fourth-order valence-electron chi connectivity index (χ4n) is 2.16. The summed E-state index contributed by atoms with van der Waals surface area (Å²) in [5.74, 6) is 3.35. The monoisotopic (exact) mass is 275 g/mol. The first-order valence-electron chi connectivity index (χ1n) is 6.64. The second kappa shape index (κ2) is 5.65. The largest absolute Gasteiger partial charge is 0.384 e. The van der Waals surface area contributed by atoms with Crippen molar-refractivity contribution in [2.75, 3.05) is 17.6 Å². The Morgan fingerprint density at radius 1 is 1.42 bits per heavy atom. The lowest BCUT2D eigenvalue weighted by molar-refractivity contribution is 0.425. The molecule has 0 bridgehead atoms. The van der Waals surface area contributed by atoms with E-state index in [9.17, 15) is 0 Å². The number of fused-ring (bicyclic) bond motifs is 1. The molecule has 5 heteroatoms. The molecule has 1 aromatic carbocycles. The Balaban J connectivity index is 1.75. The predicted molar refractivity (Wildman–Crippen MR) is 78.4 cm³/mol. The summed E-state index contributed by atoms with van der Waals surface area (Å²) in [5.41, 5.74) is 3.55. The van der Waals surface area contributed by atoms with Crippen LogP contribution in [0, 0.1) is 0 Å². The molecule has 2 heterocycles. The van der Waals surface area contributed by atoms with Gasteiger partial charge in [0.2, 0.25) is 0 Å². The van der Waals surface area contributed by atoms with E-state index < -0.39 is 0 Å². The van der Waals surface area contributed by atoms with Gasteiger partial charge in [0.15, 0.2) is 5.82 Å². The first-order chi connectivity index (χ1) is 9.36. The summed E-state index contributed by atoms with van der Waals surface area (Å²) in [7, 11) is 0. The van der Waals surface area contributed by atoms with E-state index in [0.29, 0.717) is 5.89 Å². The van der Waals surface area contributed by atoms with E-state index in [2.05, 4.69) is 40.6 Å². The average molecular weight is 275 g/mol. The molecule has 19 heavy (non-hydrogen) atoms. The summed E-state index contributed by atoms with van der Waals surface area (Å²) in [6.07, 6.45) is 2.27. The van der Waals surface area contributed by atoms with Crippen molar-refractivity contribution >= 4 is 17.4 Å². The lowest BCUT2D eigenvalue weighted by Crippen LogP contribution is -1.91. The highest BCUT2D eigenvalue weighted by Gasteiger charge is 2.14. The SMILES string of the molecule is CCCSCc1noc(-c2ccc3c(c2)NCC3)n1. The molecule has 0 saturated heterocycles. The normalized spacial score (nSPS) is 13.3. The van der Waals surface area contributed by atoms with Crippen molar-refractivity contribution in [3.8, 4) is 11.5 Å². The number of thioether (sulfide) groups is 1. The summed E-state index contributed by atoms with van der Waals surface area (Å²) in [6, 6.07) is 6.29. The molecule has 4 nitrogen and oxygen atoms in total. The van der Waals surface area contributed by atoms with Gasteiger partial charge in [0.05, 0.1) is 5.75 Å². The van der Waals surface area contributed by atoms with Crippen molar-refractivity contribution in [2.45, 2.75) is 25.5 Å². The molecule has 1 aliphatic rings. The molecule has 0 radical (unpaired) electrons. The third-order valence-corrected chi connectivity index (χ3v) is 4.27. The van der Waals surface area contributed by atoms with E-state index >= 15 is 0 Å². The van der Waals surface area contributed by atoms with Crippen LogP contribution in [0.2, 0.25) is 0 Å². The lowest BCUT2D eigenvalue weighted by atomic mass is 10.1. The summed E-state index contributed by atoms with van der Waals surface area (Å²) >= 11 is 1.84. The molecule has 1 aliphatic heterocycles. The zero-order valence-electron chi connectivity index (χ0n) is 11.0. The third kappa shape index (κ3) is 2.76.